The van der Waals surface area contributed by atoms with Crippen LogP contribution in [0.15, 0.2) is 54.6 Å². The summed E-state index contributed by atoms with van der Waals surface area (Å²) in [7, 11) is 3.20. The van der Waals surface area contributed by atoms with Gasteiger partial charge in [-0.15, -0.1) is 0 Å². The highest BCUT2D eigenvalue weighted by atomic mass is 35.5. The van der Waals surface area contributed by atoms with E-state index in [1.54, 1.807) is 43.0 Å². The summed E-state index contributed by atoms with van der Waals surface area (Å²) >= 11 is 6.78. The number of hydrogen-bond donors (Lipinski definition) is 1. The van der Waals surface area contributed by atoms with Crippen LogP contribution < -0.4 is 10.2 Å². The monoisotopic (exact) mass is 687 g/mol. The Labute approximate surface area is 286 Å². The van der Waals surface area contributed by atoms with Crippen LogP contribution >= 0.6 is 11.6 Å². The number of fused-ring (bicyclic) bond motifs is 2. The van der Waals surface area contributed by atoms with Crippen LogP contribution in [0.3, 0.4) is 0 Å². The fourth-order valence-corrected chi connectivity index (χ4v) is 7.35. The summed E-state index contributed by atoms with van der Waals surface area (Å²) in [6, 6.07) is 14.5. The number of nitrogens with one attached hydrogen (secondary N) is 1. The highest BCUT2D eigenvalue weighted by Gasteiger charge is 2.31. The van der Waals surface area contributed by atoms with E-state index < -0.39 is 17.7 Å². The van der Waals surface area contributed by atoms with Crippen LogP contribution in [0.5, 0.6) is 0 Å². The van der Waals surface area contributed by atoms with Gasteiger partial charge < -0.3 is 14.4 Å². The molecule has 5 aromatic rings. The standard InChI is InChI=1S/C36H36ClF2N7O3/c1-21-33-22(6-5-9-27(33)46(41-21)28-10-11-32(47)40-35(28)48)12-13-43-14-16-44(17-15-43)30-19-24(37)29(20-26(30)39)45-31(36(49)42(2)3)18-23-7-4-8-25(38)34(23)45/h4-9,18-20,28H,10-17H2,1-3H3,(H,40,47,48). The lowest BCUT2D eigenvalue weighted by Crippen LogP contribution is -2.47. The summed E-state index contributed by atoms with van der Waals surface area (Å²) in [5, 5.41) is 8.86. The quantitative estimate of drug-likeness (QED) is 0.235. The number of carbonyl (C=O) groups excluding carboxylic acids is 3. The second-order valence-electron chi connectivity index (χ2n) is 12.9. The highest BCUT2D eigenvalue weighted by Crippen LogP contribution is 2.35. The Morgan fingerprint density at radius 3 is 2.49 bits per heavy atom. The van der Waals surface area contributed by atoms with Crippen molar-refractivity contribution in [3.8, 4) is 5.69 Å². The number of imide groups is 1. The Bertz CT molecular complexity index is 2130. The average Bonchev–Trinajstić information content (AvgIpc) is 3.63. The molecule has 0 radical (unpaired) electrons. The van der Waals surface area contributed by atoms with E-state index in [2.05, 4.69) is 16.3 Å². The van der Waals surface area contributed by atoms with E-state index in [0.717, 1.165) is 35.1 Å². The zero-order valence-electron chi connectivity index (χ0n) is 27.5. The van der Waals surface area contributed by atoms with Crippen molar-refractivity contribution in [3.63, 3.8) is 0 Å². The van der Waals surface area contributed by atoms with Gasteiger partial charge in [-0.25, -0.2) is 8.78 Å². The fourth-order valence-electron chi connectivity index (χ4n) is 7.11. The number of nitrogens with zero attached hydrogens (tertiary/aromatic N) is 6. The number of hydrogen-bond acceptors (Lipinski definition) is 6. The van der Waals surface area contributed by atoms with Crippen molar-refractivity contribution in [2.24, 2.45) is 0 Å². The van der Waals surface area contributed by atoms with Gasteiger partial charge in [0.25, 0.3) is 11.8 Å². The molecule has 2 fully saturated rings. The van der Waals surface area contributed by atoms with Gasteiger partial charge in [0.15, 0.2) is 0 Å². The molecule has 1 N–H and O–H groups in total. The molecule has 10 nitrogen and oxygen atoms in total. The van der Waals surface area contributed by atoms with E-state index in [-0.39, 0.29) is 46.1 Å². The zero-order chi connectivity index (χ0) is 34.6. The third kappa shape index (κ3) is 5.93. The molecular formula is C36H36ClF2N7O3. The Hall–Kier alpha value is -4.81. The Morgan fingerprint density at radius 2 is 1.76 bits per heavy atom. The average molecular weight is 688 g/mol. The molecule has 3 amide bonds. The first-order valence-corrected chi connectivity index (χ1v) is 16.7. The number of rotatable bonds is 7. The van der Waals surface area contributed by atoms with Gasteiger partial charge in [-0.2, -0.15) is 5.10 Å². The van der Waals surface area contributed by atoms with Gasteiger partial charge in [-0.05, 0) is 49.6 Å². The van der Waals surface area contributed by atoms with E-state index in [0.29, 0.717) is 43.7 Å². The van der Waals surface area contributed by atoms with Crippen molar-refractivity contribution in [1.29, 1.82) is 0 Å². The third-order valence-corrected chi connectivity index (χ3v) is 9.87. The van der Waals surface area contributed by atoms with Gasteiger partial charge in [0.1, 0.15) is 23.4 Å². The van der Waals surface area contributed by atoms with Crippen LogP contribution in [0.2, 0.25) is 5.02 Å². The fraction of sp³-hybridized carbons (Fsp3) is 0.333. The minimum Gasteiger partial charge on any atom is -0.367 e. The largest absolute Gasteiger partial charge is 0.367 e. The molecule has 2 aliphatic rings. The molecule has 2 aliphatic heterocycles. The maximum atomic E-state index is 15.9. The third-order valence-electron chi connectivity index (χ3n) is 9.57. The molecule has 2 saturated heterocycles. The molecule has 7 rings (SSSR count). The van der Waals surface area contributed by atoms with Gasteiger partial charge in [-0.1, -0.05) is 35.9 Å². The topological polar surface area (TPSA) is 95.7 Å². The molecule has 254 valence electrons. The van der Waals surface area contributed by atoms with Crippen molar-refractivity contribution >= 4 is 56.8 Å². The van der Waals surface area contributed by atoms with Gasteiger partial charge in [0, 0.05) is 70.1 Å². The summed E-state index contributed by atoms with van der Waals surface area (Å²) < 4.78 is 34.1. The van der Waals surface area contributed by atoms with Crippen LogP contribution in [-0.4, -0.2) is 88.7 Å². The molecule has 1 unspecified atom stereocenters. The zero-order valence-corrected chi connectivity index (χ0v) is 28.2. The molecule has 1 atom stereocenters. The summed E-state index contributed by atoms with van der Waals surface area (Å²) in [5.41, 5.74) is 3.73. The summed E-state index contributed by atoms with van der Waals surface area (Å²) in [6.07, 6.45) is 1.47. The molecule has 0 saturated carbocycles. The Morgan fingerprint density at radius 1 is 1.00 bits per heavy atom. The first-order chi connectivity index (χ1) is 23.5. The predicted molar refractivity (Wildman–Crippen MR) is 184 cm³/mol. The van der Waals surface area contributed by atoms with Crippen LogP contribution in [-0.2, 0) is 16.0 Å². The normalized spacial score (nSPS) is 17.3. The van der Waals surface area contributed by atoms with Crippen LogP contribution in [0.1, 0.15) is 40.6 Å². The lowest BCUT2D eigenvalue weighted by Gasteiger charge is -2.36. The van der Waals surface area contributed by atoms with Crippen molar-refractivity contribution in [2.75, 3.05) is 51.7 Å². The first kappa shape index (κ1) is 32.7. The Balaban J connectivity index is 1.07. The smallest absolute Gasteiger partial charge is 0.270 e. The highest BCUT2D eigenvalue weighted by molar-refractivity contribution is 6.33. The number of piperazine rings is 1. The van der Waals surface area contributed by atoms with Crippen molar-refractivity contribution in [1.82, 2.24) is 29.5 Å². The van der Waals surface area contributed by atoms with Crippen molar-refractivity contribution < 1.29 is 23.2 Å². The van der Waals surface area contributed by atoms with E-state index in [9.17, 15) is 14.4 Å². The van der Waals surface area contributed by atoms with Crippen LogP contribution in [0.25, 0.3) is 27.5 Å². The van der Waals surface area contributed by atoms with E-state index in [1.807, 2.05) is 24.0 Å². The summed E-state index contributed by atoms with van der Waals surface area (Å²) in [4.78, 5) is 43.0. The number of aromatic nitrogens is 3. The minimum absolute atomic E-state index is 0.157. The minimum atomic E-state index is -0.540. The second-order valence-corrected chi connectivity index (χ2v) is 13.3. The molecule has 2 aromatic heterocycles. The van der Waals surface area contributed by atoms with Crippen molar-refractivity contribution in [2.45, 2.75) is 32.2 Å². The number of anilines is 1. The second kappa shape index (κ2) is 12.9. The number of para-hydroxylation sites is 1. The van der Waals surface area contributed by atoms with E-state index >= 15 is 8.78 Å². The van der Waals surface area contributed by atoms with Crippen LogP contribution in [0.4, 0.5) is 14.5 Å². The summed E-state index contributed by atoms with van der Waals surface area (Å²) in [5.74, 6) is -1.99. The molecular weight excluding hydrogens is 652 g/mol. The maximum Gasteiger partial charge on any atom is 0.270 e. The van der Waals surface area contributed by atoms with Gasteiger partial charge in [0.05, 0.1) is 33.1 Å². The molecule has 0 spiro atoms. The molecule has 4 heterocycles. The van der Waals surface area contributed by atoms with Gasteiger partial charge in [0.2, 0.25) is 5.91 Å². The molecule has 0 aliphatic carbocycles. The van der Waals surface area contributed by atoms with Gasteiger partial charge >= 0.3 is 0 Å². The van der Waals surface area contributed by atoms with E-state index in [1.165, 1.54) is 21.6 Å². The molecule has 13 heteroatoms. The first-order valence-electron chi connectivity index (χ1n) is 16.3. The number of amides is 3. The SMILES string of the molecule is Cc1nn(C2CCC(=O)NC2=O)c2cccc(CCN3CCN(c4cc(Cl)c(-n5c(C(=O)N(C)C)cc6cccc(F)c65)cc4F)CC3)c12. The number of benzene rings is 3. The molecule has 3 aromatic carbocycles. The lowest BCUT2D eigenvalue weighted by molar-refractivity contribution is -0.135. The molecule has 0 bridgehead atoms. The number of aryl methyl sites for hydroxylation is 1. The number of carbonyl (C=O) groups is 3. The van der Waals surface area contributed by atoms with E-state index in [4.69, 9.17) is 16.7 Å². The van der Waals surface area contributed by atoms with Crippen LogP contribution in [0, 0.1) is 18.6 Å². The summed E-state index contributed by atoms with van der Waals surface area (Å²) in [6.45, 7) is 5.29. The van der Waals surface area contributed by atoms with Crippen molar-refractivity contribution in [3.05, 3.63) is 88.2 Å². The number of piperidine rings is 1. The number of halogens is 3. The Kier molecular flexibility index (Phi) is 8.62. The molecule has 49 heavy (non-hydrogen) atoms. The predicted octanol–water partition coefficient (Wildman–Crippen LogP) is 5.26. The lowest BCUT2D eigenvalue weighted by atomic mass is 10.0. The maximum absolute atomic E-state index is 15.9. The van der Waals surface area contributed by atoms with Gasteiger partial charge in [-0.3, -0.25) is 29.3 Å².